The first-order valence-corrected chi connectivity index (χ1v) is 7.47. The number of hydrogen-bond acceptors (Lipinski definition) is 4. The Bertz CT molecular complexity index is 471. The molecule has 0 fully saturated rings. The molecule has 0 aliphatic carbocycles. The van der Waals surface area contributed by atoms with E-state index in [-0.39, 0.29) is 6.04 Å². The van der Waals surface area contributed by atoms with Gasteiger partial charge in [0.25, 0.3) is 0 Å². The standard InChI is InChI=1S/C13H14N2S2/c14-10(8-13-15-5-6-16-13)12-7-9-3-1-2-4-11(9)17-12/h1-6,10,12H,7-8,14H2. The number of nitrogens with zero attached hydrogens (tertiary/aromatic N) is 1. The minimum Gasteiger partial charge on any atom is -0.326 e. The van der Waals surface area contributed by atoms with Crippen molar-refractivity contribution in [2.24, 2.45) is 5.73 Å². The first-order chi connectivity index (χ1) is 8.33. The number of fused-ring (bicyclic) bond motifs is 1. The highest BCUT2D eigenvalue weighted by molar-refractivity contribution is 8.00. The van der Waals surface area contributed by atoms with Gasteiger partial charge in [-0.15, -0.1) is 23.1 Å². The summed E-state index contributed by atoms with van der Waals surface area (Å²) in [6, 6.07) is 8.79. The third kappa shape index (κ3) is 2.39. The van der Waals surface area contributed by atoms with Gasteiger partial charge < -0.3 is 5.73 Å². The molecule has 0 radical (unpaired) electrons. The van der Waals surface area contributed by atoms with Crippen LogP contribution in [-0.2, 0) is 12.8 Å². The molecule has 1 aromatic heterocycles. The molecule has 0 saturated heterocycles. The summed E-state index contributed by atoms with van der Waals surface area (Å²) in [7, 11) is 0. The molecule has 2 unspecified atom stereocenters. The second-order valence-electron chi connectivity index (χ2n) is 4.26. The van der Waals surface area contributed by atoms with E-state index in [0.717, 1.165) is 17.8 Å². The molecule has 2 aromatic rings. The lowest BCUT2D eigenvalue weighted by atomic mass is 10.0. The lowest BCUT2D eigenvalue weighted by Crippen LogP contribution is -2.34. The van der Waals surface area contributed by atoms with E-state index in [1.165, 1.54) is 10.5 Å². The Hall–Kier alpha value is -0.840. The number of benzene rings is 1. The largest absolute Gasteiger partial charge is 0.326 e. The smallest absolute Gasteiger partial charge is 0.0940 e. The van der Waals surface area contributed by atoms with Crippen molar-refractivity contribution < 1.29 is 0 Å². The van der Waals surface area contributed by atoms with E-state index >= 15 is 0 Å². The van der Waals surface area contributed by atoms with Gasteiger partial charge in [0, 0.05) is 34.2 Å². The van der Waals surface area contributed by atoms with Crippen molar-refractivity contribution in [2.75, 3.05) is 0 Å². The third-order valence-corrected chi connectivity index (χ3v) is 5.32. The van der Waals surface area contributed by atoms with Crippen LogP contribution in [0.3, 0.4) is 0 Å². The maximum atomic E-state index is 6.30. The summed E-state index contributed by atoms with van der Waals surface area (Å²) in [6.07, 6.45) is 3.83. The maximum absolute atomic E-state index is 6.30. The van der Waals surface area contributed by atoms with Crippen LogP contribution in [-0.4, -0.2) is 16.3 Å². The molecular weight excluding hydrogens is 248 g/mol. The predicted octanol–water partition coefficient (Wildman–Crippen LogP) is 2.73. The first kappa shape index (κ1) is 11.3. The second kappa shape index (κ2) is 4.80. The Kier molecular flexibility index (Phi) is 3.18. The van der Waals surface area contributed by atoms with Gasteiger partial charge in [0.2, 0.25) is 0 Å². The molecule has 0 bridgehead atoms. The van der Waals surface area contributed by atoms with Crippen molar-refractivity contribution in [3.05, 3.63) is 46.4 Å². The van der Waals surface area contributed by atoms with Crippen molar-refractivity contribution in [3.8, 4) is 0 Å². The quantitative estimate of drug-likeness (QED) is 0.924. The fourth-order valence-corrected chi connectivity index (χ4v) is 4.14. The Morgan fingerprint density at radius 1 is 1.41 bits per heavy atom. The van der Waals surface area contributed by atoms with E-state index in [1.54, 1.807) is 11.3 Å². The number of thiazole rings is 1. The molecule has 3 rings (SSSR count). The predicted molar refractivity (Wildman–Crippen MR) is 73.6 cm³/mol. The fourth-order valence-electron chi connectivity index (χ4n) is 2.13. The lowest BCUT2D eigenvalue weighted by Gasteiger charge is -2.16. The van der Waals surface area contributed by atoms with Crippen LogP contribution in [0.4, 0.5) is 0 Å². The van der Waals surface area contributed by atoms with Gasteiger partial charge in [-0.2, -0.15) is 0 Å². The fraction of sp³-hybridized carbons (Fsp3) is 0.308. The van der Waals surface area contributed by atoms with Crippen LogP contribution >= 0.6 is 23.1 Å². The van der Waals surface area contributed by atoms with Gasteiger partial charge in [-0.1, -0.05) is 18.2 Å². The molecule has 2 N–H and O–H groups in total. The Morgan fingerprint density at radius 2 is 2.29 bits per heavy atom. The molecule has 0 amide bonds. The summed E-state index contributed by atoms with van der Waals surface area (Å²) in [4.78, 5) is 5.70. The van der Waals surface area contributed by atoms with E-state index in [0.29, 0.717) is 5.25 Å². The zero-order valence-corrected chi connectivity index (χ0v) is 11.0. The molecular formula is C13H14N2S2. The summed E-state index contributed by atoms with van der Waals surface area (Å²) >= 11 is 3.61. The van der Waals surface area contributed by atoms with Crippen LogP contribution in [0.5, 0.6) is 0 Å². The summed E-state index contributed by atoms with van der Waals surface area (Å²) < 4.78 is 0. The molecule has 17 heavy (non-hydrogen) atoms. The van der Waals surface area contributed by atoms with Gasteiger partial charge in [0.05, 0.1) is 5.01 Å². The summed E-state index contributed by atoms with van der Waals surface area (Å²) in [5, 5.41) is 3.66. The summed E-state index contributed by atoms with van der Waals surface area (Å²) in [6.45, 7) is 0. The summed E-state index contributed by atoms with van der Waals surface area (Å²) in [5.41, 5.74) is 7.74. The van der Waals surface area contributed by atoms with Crippen LogP contribution in [0.15, 0.2) is 40.7 Å². The Balaban J connectivity index is 1.68. The molecule has 4 heteroatoms. The van der Waals surface area contributed by atoms with Crippen molar-refractivity contribution >= 4 is 23.1 Å². The number of hydrogen-bond donors (Lipinski definition) is 1. The molecule has 0 spiro atoms. The highest BCUT2D eigenvalue weighted by Gasteiger charge is 2.27. The van der Waals surface area contributed by atoms with Crippen molar-refractivity contribution in [1.29, 1.82) is 0 Å². The zero-order valence-electron chi connectivity index (χ0n) is 9.37. The Morgan fingerprint density at radius 3 is 3.06 bits per heavy atom. The normalized spacial score (nSPS) is 20.2. The van der Waals surface area contributed by atoms with Crippen molar-refractivity contribution in [3.63, 3.8) is 0 Å². The second-order valence-corrected chi connectivity index (χ2v) is 6.52. The third-order valence-electron chi connectivity index (χ3n) is 3.04. The summed E-state index contributed by atoms with van der Waals surface area (Å²) in [5.74, 6) is 0. The first-order valence-electron chi connectivity index (χ1n) is 5.71. The van der Waals surface area contributed by atoms with Gasteiger partial charge in [0.15, 0.2) is 0 Å². The number of rotatable bonds is 3. The minimum absolute atomic E-state index is 0.193. The van der Waals surface area contributed by atoms with E-state index in [2.05, 4.69) is 29.2 Å². The topological polar surface area (TPSA) is 38.9 Å². The molecule has 2 heterocycles. The van der Waals surface area contributed by atoms with Crippen LogP contribution < -0.4 is 5.73 Å². The monoisotopic (exact) mass is 262 g/mol. The SMILES string of the molecule is NC(Cc1nccs1)C1Cc2ccccc2S1. The number of thioether (sulfide) groups is 1. The van der Waals surface area contributed by atoms with Crippen LogP contribution in [0, 0.1) is 0 Å². The van der Waals surface area contributed by atoms with E-state index in [9.17, 15) is 0 Å². The number of nitrogens with two attached hydrogens (primary N) is 1. The highest BCUT2D eigenvalue weighted by Crippen LogP contribution is 2.38. The van der Waals surface area contributed by atoms with E-state index in [1.807, 2.05) is 23.3 Å². The van der Waals surface area contributed by atoms with Crippen molar-refractivity contribution in [2.45, 2.75) is 29.0 Å². The molecule has 2 nitrogen and oxygen atoms in total. The zero-order chi connectivity index (χ0) is 11.7. The van der Waals surface area contributed by atoms with E-state index < -0.39 is 0 Å². The van der Waals surface area contributed by atoms with Crippen LogP contribution in [0.1, 0.15) is 10.6 Å². The average molecular weight is 262 g/mol. The van der Waals surface area contributed by atoms with Gasteiger partial charge in [-0.05, 0) is 18.1 Å². The molecule has 1 aliphatic heterocycles. The van der Waals surface area contributed by atoms with Gasteiger partial charge >= 0.3 is 0 Å². The highest BCUT2D eigenvalue weighted by atomic mass is 32.2. The van der Waals surface area contributed by atoms with Crippen molar-refractivity contribution in [1.82, 2.24) is 4.98 Å². The maximum Gasteiger partial charge on any atom is 0.0940 e. The molecule has 1 aliphatic rings. The van der Waals surface area contributed by atoms with Crippen LogP contribution in [0.2, 0.25) is 0 Å². The molecule has 88 valence electrons. The van der Waals surface area contributed by atoms with E-state index in [4.69, 9.17) is 5.73 Å². The van der Waals surface area contributed by atoms with Crippen LogP contribution in [0.25, 0.3) is 0 Å². The van der Waals surface area contributed by atoms with Gasteiger partial charge in [-0.3, -0.25) is 0 Å². The van der Waals surface area contributed by atoms with Gasteiger partial charge in [-0.25, -0.2) is 4.98 Å². The molecule has 1 aromatic carbocycles. The Labute approximate surface area is 109 Å². The lowest BCUT2D eigenvalue weighted by molar-refractivity contribution is 0.631. The minimum atomic E-state index is 0.193. The average Bonchev–Trinajstić information content (AvgIpc) is 2.96. The molecule has 0 saturated carbocycles. The number of aromatic nitrogens is 1. The van der Waals surface area contributed by atoms with Gasteiger partial charge in [0.1, 0.15) is 0 Å². The molecule has 2 atom stereocenters.